The number of aromatic nitrogens is 3. The van der Waals surface area contributed by atoms with E-state index in [-0.39, 0.29) is 62.3 Å². The average Bonchev–Trinajstić information content (AvgIpc) is 3.87. The number of halogens is 3. The molecule has 0 aliphatic carbocycles. The van der Waals surface area contributed by atoms with E-state index in [1.165, 1.54) is 88.9 Å². The molecule has 8 rings (SSSR count). The highest BCUT2D eigenvalue weighted by Crippen LogP contribution is 2.41. The number of rotatable bonds is 13. The maximum absolute atomic E-state index is 16.2. The van der Waals surface area contributed by atoms with Crippen LogP contribution in [0.25, 0.3) is 32.9 Å². The maximum atomic E-state index is 16.2. The van der Waals surface area contributed by atoms with Gasteiger partial charge in [0.05, 0.1) is 28.6 Å². The van der Waals surface area contributed by atoms with Crippen LogP contribution in [0.1, 0.15) is 117 Å². The summed E-state index contributed by atoms with van der Waals surface area (Å²) in [5.41, 5.74) is -0.949. The third-order valence-electron chi connectivity index (χ3n) is 13.3. The van der Waals surface area contributed by atoms with Gasteiger partial charge in [0, 0.05) is 55.3 Å². The van der Waals surface area contributed by atoms with E-state index in [2.05, 4.69) is 46.5 Å². The Balaban J connectivity index is 0.000000240. The number of carbonyl (C=O) groups excluding carboxylic acids is 2. The summed E-state index contributed by atoms with van der Waals surface area (Å²) in [4.78, 5) is 52.9. The van der Waals surface area contributed by atoms with E-state index in [4.69, 9.17) is 15.9 Å². The Morgan fingerprint density at radius 1 is 1.09 bits per heavy atom. The van der Waals surface area contributed by atoms with Crippen LogP contribution in [-0.2, 0) is 14.3 Å². The molecule has 64 heavy (non-hydrogen) atoms. The highest BCUT2D eigenvalue weighted by molar-refractivity contribution is 6.03. The number of carbonyl (C=O) groups is 2. The van der Waals surface area contributed by atoms with Gasteiger partial charge >= 0.3 is 11.8 Å². The number of nitrogens with one attached hydrogen (secondary N) is 1. The number of hydrogen-bond acceptors (Lipinski definition) is 10. The number of anilines is 1. The van der Waals surface area contributed by atoms with Gasteiger partial charge in [-0.25, -0.2) is 22.8 Å². The summed E-state index contributed by atoms with van der Waals surface area (Å²) in [5.74, 6) is 1.11. The number of phenolic OH excluding ortho intramolecular Hbond substituents is 1. The van der Waals surface area contributed by atoms with Crippen molar-refractivity contribution in [2.24, 2.45) is 5.92 Å². The predicted molar refractivity (Wildman–Crippen MR) is 243 cm³/mol. The fraction of sp³-hybridized carbons (Fsp3) is 0.571. The number of nitrogens with zero attached hydrogens (tertiary/aromatic N) is 5. The van der Waals surface area contributed by atoms with Crippen LogP contribution in [0.2, 0.25) is 0 Å². The molecule has 2 N–H and O–H groups in total. The number of unbranched alkanes of at least 4 members (excludes halogenated alkanes) is 4. The van der Waals surface area contributed by atoms with Gasteiger partial charge in [0.15, 0.2) is 5.82 Å². The van der Waals surface area contributed by atoms with E-state index < -0.39 is 35.9 Å². The number of ether oxygens (including phenoxy) is 2. The van der Waals surface area contributed by atoms with Gasteiger partial charge in [0.2, 0.25) is 6.29 Å². The Morgan fingerprint density at radius 2 is 1.81 bits per heavy atom. The van der Waals surface area contributed by atoms with Crippen LogP contribution < -0.4 is 10.6 Å². The van der Waals surface area contributed by atoms with Crippen molar-refractivity contribution in [3.05, 3.63) is 58.1 Å². The zero-order valence-electron chi connectivity index (χ0n) is 37.8. The smallest absolute Gasteiger partial charge is 0.412 e. The number of phenols is 1. The van der Waals surface area contributed by atoms with Crippen molar-refractivity contribution in [1.82, 2.24) is 24.8 Å². The first-order chi connectivity index (χ1) is 30.7. The van der Waals surface area contributed by atoms with Gasteiger partial charge in [-0.2, -0.15) is 4.98 Å². The zero-order valence-corrected chi connectivity index (χ0v) is 37.8. The predicted octanol–water partition coefficient (Wildman–Crippen LogP) is 9.43. The van der Waals surface area contributed by atoms with E-state index in [9.17, 15) is 28.3 Å². The summed E-state index contributed by atoms with van der Waals surface area (Å²) >= 11 is 0. The second-order valence-electron chi connectivity index (χ2n) is 17.9. The summed E-state index contributed by atoms with van der Waals surface area (Å²) in [6, 6.07) is 4.84. The molecule has 12 nitrogen and oxygen atoms in total. The molecular formula is C49H63F3N6O6. The second-order valence-corrected chi connectivity index (χ2v) is 17.9. The van der Waals surface area contributed by atoms with Crippen LogP contribution in [0.15, 0.2) is 35.3 Å². The molecule has 346 valence electrons. The van der Waals surface area contributed by atoms with Gasteiger partial charge in [-0.05, 0) is 88.9 Å². The van der Waals surface area contributed by atoms with E-state index in [1.54, 1.807) is 11.8 Å². The minimum absolute atomic E-state index is 0.0709. The summed E-state index contributed by atoms with van der Waals surface area (Å²) in [7, 11) is 1.45. The van der Waals surface area contributed by atoms with Crippen LogP contribution in [0.4, 0.5) is 23.8 Å². The number of hydrogen-bond donors (Lipinski definition) is 2. The van der Waals surface area contributed by atoms with Crippen molar-refractivity contribution in [2.75, 3.05) is 38.2 Å². The molecule has 2 aromatic carbocycles. The molecule has 2 bridgehead atoms. The van der Waals surface area contributed by atoms with Gasteiger partial charge in [0.25, 0.3) is 0 Å². The molecule has 6 heterocycles. The topological polar surface area (TPSA) is 141 Å². The summed E-state index contributed by atoms with van der Waals surface area (Å²) in [6.07, 6.45) is 20.8. The van der Waals surface area contributed by atoms with E-state index >= 15 is 4.39 Å². The highest BCUT2D eigenvalue weighted by atomic mass is 19.1. The lowest BCUT2D eigenvalue weighted by Crippen LogP contribution is -2.56. The number of benzene rings is 2. The number of alkyl halides is 1. The molecule has 4 fully saturated rings. The molecular weight excluding hydrogens is 826 g/mol. The third kappa shape index (κ3) is 10.8. The molecule has 1 amide bonds. The zero-order chi connectivity index (χ0) is 46.1. The molecule has 4 unspecified atom stereocenters. The minimum atomic E-state index is -0.888. The quantitative estimate of drug-likeness (QED) is 0.0578. The monoisotopic (exact) mass is 888 g/mol. The number of pyridine rings is 1. The number of terminal acetylenes is 1. The maximum Gasteiger partial charge on any atom is 0.412 e. The molecule has 0 saturated carbocycles. The number of aromatic hydroxyl groups is 1. The molecule has 4 saturated heterocycles. The molecule has 4 aliphatic heterocycles. The standard InChI is InChI=1S/C29H25F2N5O5.C12H24O.C8H14FN/c1-4-19-22(30)8-5-15-9-18(37)10-20(23(15)19)25-24(31)26-21(11-32-25)27(34-28(38)33-26)35-12-16-6-7-17(13-35)36(16)29(39)41-14(2)40-3;1-3-5-7-8-10-12(11-13)9-6-4-2;1-8-3-2-4-10(8)6-7(9)5-8/h1,5,8-11,14,16-17,37H,6-7,12-13H2,2-3H3,(H,33,34,38);11-12H,3-10H2,1-2H3;7H,2-6H2,1H3/t;;7-,8+/m..1/s1. The first kappa shape index (κ1) is 48.3. The molecule has 4 aromatic rings. The Hall–Kier alpha value is -5.20. The molecule has 2 aromatic heterocycles. The summed E-state index contributed by atoms with van der Waals surface area (Å²) in [6.45, 7) is 10.7. The Bertz CT molecular complexity index is 2360. The van der Waals surface area contributed by atoms with E-state index in [0.717, 1.165) is 44.9 Å². The molecule has 4 aliphatic rings. The average molecular weight is 889 g/mol. The van der Waals surface area contributed by atoms with Crippen molar-refractivity contribution in [3.8, 4) is 29.4 Å². The van der Waals surface area contributed by atoms with Crippen LogP contribution in [0, 0.1) is 29.9 Å². The fourth-order valence-corrected chi connectivity index (χ4v) is 9.86. The first-order valence-corrected chi connectivity index (χ1v) is 22.9. The van der Waals surface area contributed by atoms with Crippen molar-refractivity contribution in [1.29, 1.82) is 0 Å². The lowest BCUT2D eigenvalue weighted by atomic mass is 9.96. The number of methoxy groups -OCH3 is 1. The SMILES string of the molecule is C#Cc1c(F)ccc2cc(O)cc(-c3ncc4c(N5CC6CCC(C5)N6C(=O)OC(C)OC)nc(=O)[nH]c4c3F)c12.CCCCCCC(C=O)CCCC.C[C@@]12CCCN1C[C@H](F)C2. The number of piperazine rings is 1. The van der Waals surface area contributed by atoms with Crippen LogP contribution in [0.3, 0.4) is 0 Å². The van der Waals surface area contributed by atoms with E-state index in [0.29, 0.717) is 30.9 Å². The molecule has 6 atom stereocenters. The largest absolute Gasteiger partial charge is 0.508 e. The number of fused-ring (bicyclic) bond motifs is 5. The van der Waals surface area contributed by atoms with Crippen LogP contribution in [0.5, 0.6) is 5.75 Å². The van der Waals surface area contributed by atoms with E-state index in [1.807, 2.05) is 4.90 Å². The van der Waals surface area contributed by atoms with Crippen molar-refractivity contribution >= 4 is 39.9 Å². The number of aldehydes is 1. The van der Waals surface area contributed by atoms with Gasteiger partial charge < -0.3 is 29.3 Å². The normalized spacial score (nSPS) is 22.3. The number of H-pyrrole nitrogens is 1. The van der Waals surface area contributed by atoms with Crippen LogP contribution in [-0.4, -0.2) is 106 Å². The van der Waals surface area contributed by atoms with Crippen molar-refractivity contribution in [2.45, 2.75) is 141 Å². The summed E-state index contributed by atoms with van der Waals surface area (Å²) < 4.78 is 54.0. The lowest BCUT2D eigenvalue weighted by molar-refractivity contribution is -0.111. The second kappa shape index (κ2) is 21.7. The Morgan fingerprint density at radius 3 is 2.47 bits per heavy atom. The summed E-state index contributed by atoms with van der Waals surface area (Å²) in [5, 5.41) is 11.2. The van der Waals surface area contributed by atoms with Crippen LogP contribution >= 0.6 is 0 Å². The highest BCUT2D eigenvalue weighted by Gasteiger charge is 2.46. The molecule has 15 heteroatoms. The van der Waals surface area contributed by atoms with Gasteiger partial charge in [-0.3, -0.25) is 14.8 Å². The lowest BCUT2D eigenvalue weighted by Gasteiger charge is -2.41. The molecule has 0 spiro atoms. The number of amides is 1. The minimum Gasteiger partial charge on any atom is -0.508 e. The van der Waals surface area contributed by atoms with Crippen molar-refractivity contribution < 1.29 is 37.3 Å². The number of aromatic amines is 1. The Labute approximate surface area is 373 Å². The molecule has 0 radical (unpaired) electrons. The van der Waals surface area contributed by atoms with Gasteiger partial charge in [-0.1, -0.05) is 64.4 Å². The first-order valence-electron chi connectivity index (χ1n) is 22.9. The van der Waals surface area contributed by atoms with Gasteiger partial charge in [-0.15, -0.1) is 6.42 Å². The van der Waals surface area contributed by atoms with Gasteiger partial charge in [0.1, 0.15) is 35.5 Å². The Kier molecular flexibility index (Phi) is 16.3. The third-order valence-corrected chi connectivity index (χ3v) is 13.3. The fourth-order valence-electron chi connectivity index (χ4n) is 9.86. The van der Waals surface area contributed by atoms with Crippen molar-refractivity contribution in [3.63, 3.8) is 0 Å².